The van der Waals surface area contributed by atoms with E-state index in [0.717, 1.165) is 57.8 Å². The maximum Gasteiger partial charge on any atom is 0.306 e. The largest absolute Gasteiger partial charge is 0.462 e. The van der Waals surface area contributed by atoms with Crippen molar-refractivity contribution in [3.05, 3.63) is 23.3 Å². The lowest BCUT2D eigenvalue weighted by molar-refractivity contribution is -0.310. The fourth-order valence-corrected chi connectivity index (χ4v) is 8.10. The van der Waals surface area contributed by atoms with Gasteiger partial charge in [-0.1, -0.05) is 57.9 Å². The number of ether oxygens (including phenoxy) is 3. The van der Waals surface area contributed by atoms with Gasteiger partial charge in [-0.15, -0.1) is 0 Å². The second kappa shape index (κ2) is 14.7. The van der Waals surface area contributed by atoms with Gasteiger partial charge in [0, 0.05) is 38.2 Å². The van der Waals surface area contributed by atoms with E-state index in [1.54, 1.807) is 0 Å². The Hall–Kier alpha value is -0.953. The average molecular weight is 591 g/mol. The van der Waals surface area contributed by atoms with Crippen LogP contribution in [0.15, 0.2) is 23.3 Å². The van der Waals surface area contributed by atoms with Crippen molar-refractivity contribution in [2.75, 3.05) is 0 Å². The van der Waals surface area contributed by atoms with Gasteiger partial charge in [0.2, 0.25) is 0 Å². The van der Waals surface area contributed by atoms with Gasteiger partial charge in [0.25, 0.3) is 0 Å². The summed E-state index contributed by atoms with van der Waals surface area (Å²) in [6.07, 6.45) is 16.4. The fourth-order valence-electron chi connectivity index (χ4n) is 6.64. The van der Waals surface area contributed by atoms with E-state index in [1.807, 2.05) is 0 Å². The van der Waals surface area contributed by atoms with Crippen molar-refractivity contribution in [1.82, 2.24) is 0 Å². The van der Waals surface area contributed by atoms with Crippen LogP contribution in [-0.2, 0) is 23.4 Å². The third kappa shape index (κ3) is 10.3. The van der Waals surface area contributed by atoms with E-state index >= 15 is 0 Å². The minimum absolute atomic E-state index is 0.0692. The van der Waals surface area contributed by atoms with Gasteiger partial charge in [0.05, 0.1) is 12.2 Å². The van der Waals surface area contributed by atoms with Crippen LogP contribution in [0.2, 0.25) is 18.1 Å². The number of esters is 1. The second-order valence-corrected chi connectivity index (χ2v) is 20.1. The van der Waals surface area contributed by atoms with Crippen LogP contribution in [0.5, 0.6) is 0 Å². The molecule has 0 aromatic carbocycles. The zero-order valence-electron chi connectivity index (χ0n) is 28.1. The highest BCUT2D eigenvalue weighted by atomic mass is 28.4. The predicted octanol–water partition coefficient (Wildman–Crippen LogP) is 9.66. The van der Waals surface area contributed by atoms with E-state index in [9.17, 15) is 4.79 Å². The Morgan fingerprint density at radius 3 is 2.51 bits per heavy atom. The Bertz CT molecular complexity index is 910. The molecule has 0 bridgehead atoms. The van der Waals surface area contributed by atoms with Gasteiger partial charge in [0.1, 0.15) is 6.10 Å². The number of carbonyl (C=O) groups is 1. The maximum absolute atomic E-state index is 13.0. The highest BCUT2D eigenvalue weighted by Crippen LogP contribution is 2.42. The molecule has 6 atom stereocenters. The Balaban J connectivity index is 1.61. The third-order valence-corrected chi connectivity index (χ3v) is 14.7. The molecule has 2 aliphatic heterocycles. The highest BCUT2D eigenvalue weighted by molar-refractivity contribution is 6.74. The van der Waals surface area contributed by atoms with Crippen molar-refractivity contribution in [3.8, 4) is 0 Å². The van der Waals surface area contributed by atoms with Crippen molar-refractivity contribution >= 4 is 14.3 Å². The SMILES string of the molecule is C/C1=C\C[C@H]([C@@H](C)C/C(C)=C/C[C@H]2C[C@@H](C)OC3(CCCC3)O2)OC(=O)CCC[C@H](O[Si](C)(C)C(C)(C)C)[C@@H](C)C1. The molecule has 5 nitrogen and oxygen atoms in total. The first kappa shape index (κ1) is 34.5. The average Bonchev–Trinajstić information content (AvgIpc) is 3.29. The molecule has 2 heterocycles. The Kier molecular flexibility index (Phi) is 12.4. The molecule has 41 heavy (non-hydrogen) atoms. The minimum atomic E-state index is -1.89. The van der Waals surface area contributed by atoms with Gasteiger partial charge in [-0.3, -0.25) is 4.79 Å². The van der Waals surface area contributed by atoms with E-state index < -0.39 is 8.32 Å². The van der Waals surface area contributed by atoms with E-state index in [-0.39, 0.29) is 47.1 Å². The first-order chi connectivity index (χ1) is 19.1. The lowest BCUT2D eigenvalue weighted by atomic mass is 9.90. The predicted molar refractivity (Wildman–Crippen MR) is 171 cm³/mol. The van der Waals surface area contributed by atoms with Crippen LogP contribution >= 0.6 is 0 Å². The van der Waals surface area contributed by atoms with Crippen LogP contribution in [0.1, 0.15) is 132 Å². The smallest absolute Gasteiger partial charge is 0.306 e. The quantitative estimate of drug-likeness (QED) is 0.168. The lowest BCUT2D eigenvalue weighted by Crippen LogP contribution is -2.45. The molecule has 2 fully saturated rings. The molecule has 236 valence electrons. The Morgan fingerprint density at radius 1 is 1.17 bits per heavy atom. The number of cyclic esters (lactones) is 1. The number of rotatable bonds is 7. The number of hydrogen-bond donors (Lipinski definition) is 0. The van der Waals surface area contributed by atoms with Crippen LogP contribution in [0.3, 0.4) is 0 Å². The molecule has 1 saturated heterocycles. The molecule has 3 rings (SSSR count). The summed E-state index contributed by atoms with van der Waals surface area (Å²) in [5.74, 6) is 0.276. The fraction of sp³-hybridized carbons (Fsp3) is 0.857. The Labute approximate surface area is 253 Å². The minimum Gasteiger partial charge on any atom is -0.462 e. The van der Waals surface area contributed by atoms with Gasteiger partial charge in [-0.05, 0) is 95.7 Å². The molecule has 0 N–H and O–H groups in total. The monoisotopic (exact) mass is 590 g/mol. The van der Waals surface area contributed by atoms with Crippen LogP contribution in [-0.4, -0.2) is 44.5 Å². The molecular weight excluding hydrogens is 528 g/mol. The number of carbonyl (C=O) groups excluding carboxylic acids is 1. The van der Waals surface area contributed by atoms with Crippen molar-refractivity contribution < 1.29 is 23.4 Å². The summed E-state index contributed by atoms with van der Waals surface area (Å²) >= 11 is 0. The first-order valence-electron chi connectivity index (χ1n) is 16.6. The zero-order valence-corrected chi connectivity index (χ0v) is 29.1. The molecule has 1 saturated carbocycles. The van der Waals surface area contributed by atoms with Crippen LogP contribution in [0.25, 0.3) is 0 Å². The van der Waals surface area contributed by atoms with Crippen LogP contribution in [0.4, 0.5) is 0 Å². The van der Waals surface area contributed by atoms with Crippen molar-refractivity contribution in [2.45, 2.75) is 181 Å². The maximum atomic E-state index is 13.0. The number of hydrogen-bond acceptors (Lipinski definition) is 5. The third-order valence-electron chi connectivity index (χ3n) is 10.1. The van der Waals surface area contributed by atoms with E-state index in [0.29, 0.717) is 12.3 Å². The highest BCUT2D eigenvalue weighted by Gasteiger charge is 2.43. The summed E-state index contributed by atoms with van der Waals surface area (Å²) in [6.45, 7) is 22.7. The van der Waals surface area contributed by atoms with Gasteiger partial charge < -0.3 is 18.6 Å². The van der Waals surface area contributed by atoms with Crippen molar-refractivity contribution in [2.24, 2.45) is 11.8 Å². The summed E-state index contributed by atoms with van der Waals surface area (Å²) in [5.41, 5.74) is 2.72. The summed E-state index contributed by atoms with van der Waals surface area (Å²) < 4.78 is 25.7. The van der Waals surface area contributed by atoms with E-state index in [4.69, 9.17) is 18.6 Å². The van der Waals surface area contributed by atoms with E-state index in [2.05, 4.69) is 80.6 Å². The normalized spacial score (nSPS) is 32.9. The molecule has 1 spiro atoms. The van der Waals surface area contributed by atoms with Crippen LogP contribution in [0, 0.1) is 11.8 Å². The number of allylic oxidation sites excluding steroid dienone is 2. The van der Waals surface area contributed by atoms with E-state index in [1.165, 1.54) is 24.0 Å². The molecule has 0 amide bonds. The van der Waals surface area contributed by atoms with Gasteiger partial charge >= 0.3 is 5.97 Å². The topological polar surface area (TPSA) is 54.0 Å². The van der Waals surface area contributed by atoms with Crippen molar-refractivity contribution in [1.29, 1.82) is 0 Å². The van der Waals surface area contributed by atoms with Crippen LogP contribution < -0.4 is 0 Å². The lowest BCUT2D eigenvalue weighted by Gasteiger charge is -2.41. The van der Waals surface area contributed by atoms with Gasteiger partial charge in [-0.25, -0.2) is 0 Å². The molecule has 0 aromatic rings. The standard InChI is InChI=1S/C35H62O5Si/c1-25(16-18-30-24-29(5)38-35(39-30)20-11-12-21-35)22-27(3)31-19-17-26(2)23-28(4)32(14-13-15-33(36)37-31)40-41(9,10)34(6,7)8/h16-17,27-32H,11-15,18-24H2,1-10H3/b25-16+,26-17+/t27-,28-,29+,30-,31+,32-/m0/s1. The molecule has 1 aliphatic carbocycles. The summed E-state index contributed by atoms with van der Waals surface area (Å²) in [6, 6.07) is 0. The van der Waals surface area contributed by atoms with Gasteiger partial charge in [0.15, 0.2) is 14.1 Å². The zero-order chi connectivity index (χ0) is 30.4. The summed E-state index contributed by atoms with van der Waals surface area (Å²) in [5, 5.41) is 0.171. The van der Waals surface area contributed by atoms with Gasteiger partial charge in [-0.2, -0.15) is 0 Å². The molecular formula is C35H62O5Si. The molecule has 0 unspecified atom stereocenters. The summed E-state index contributed by atoms with van der Waals surface area (Å²) in [7, 11) is -1.89. The molecule has 6 heteroatoms. The molecule has 0 radical (unpaired) electrons. The molecule has 0 aromatic heterocycles. The van der Waals surface area contributed by atoms with Crippen molar-refractivity contribution in [3.63, 3.8) is 0 Å². The second-order valence-electron chi connectivity index (χ2n) is 15.3. The molecule has 3 aliphatic rings. The summed E-state index contributed by atoms with van der Waals surface area (Å²) in [4.78, 5) is 13.0. The Morgan fingerprint density at radius 2 is 1.85 bits per heavy atom. The first-order valence-corrected chi connectivity index (χ1v) is 19.5.